The van der Waals surface area contributed by atoms with E-state index in [0.29, 0.717) is 17.5 Å². The highest BCUT2D eigenvalue weighted by Gasteiger charge is 2.50. The van der Waals surface area contributed by atoms with Gasteiger partial charge in [-0.25, -0.2) is 0 Å². The van der Waals surface area contributed by atoms with Crippen molar-refractivity contribution in [3.8, 4) is 0 Å². The number of aliphatic hydroxyl groups excluding tert-OH is 5. The zero-order valence-electron chi connectivity index (χ0n) is 15.0. The van der Waals surface area contributed by atoms with Gasteiger partial charge in [-0.3, -0.25) is 0 Å². The van der Waals surface area contributed by atoms with Crippen molar-refractivity contribution in [3.63, 3.8) is 0 Å². The van der Waals surface area contributed by atoms with E-state index in [0.717, 1.165) is 19.3 Å². The molecule has 0 aromatic carbocycles. The molecule has 5 fully saturated rings. The van der Waals surface area contributed by atoms with Crippen molar-refractivity contribution in [2.24, 2.45) is 5.92 Å². The summed E-state index contributed by atoms with van der Waals surface area (Å²) in [6.45, 7) is 0.0495. The molecule has 27 heavy (non-hydrogen) atoms. The average Bonchev–Trinajstić information content (AvgIpc) is 2.68. The zero-order valence-corrected chi connectivity index (χ0v) is 17.1. The molecule has 5 saturated heterocycles. The summed E-state index contributed by atoms with van der Waals surface area (Å²) in [4.78, 5) is 0. The summed E-state index contributed by atoms with van der Waals surface area (Å²) in [6.07, 6.45) is -6.69. The molecule has 158 valence electrons. The molecule has 0 radical (unpaired) electrons. The van der Waals surface area contributed by atoms with Gasteiger partial charge in [0.05, 0.1) is 24.9 Å². The fraction of sp³-hybridized carbons (Fsp3) is 1.00. The van der Waals surface area contributed by atoms with E-state index in [1.165, 1.54) is 0 Å². The lowest BCUT2D eigenvalue weighted by atomic mass is 9.85. The predicted molar refractivity (Wildman–Crippen MR) is 100 cm³/mol. The SMILES string of the molecule is OCC1OC2OC3C(CI)OC(OCCCCCC1C(O)C2O)C(O)C3O. The Morgan fingerprint density at radius 2 is 1.48 bits per heavy atom. The quantitative estimate of drug-likeness (QED) is 0.234. The van der Waals surface area contributed by atoms with Gasteiger partial charge in [0.2, 0.25) is 0 Å². The standard InChI is InChI=1S/C17H29IO9/c18-6-9-15-12(21)14(23)16(25-9)24-5-3-1-2-4-8-10(7-19)26-17(27-15)13(22)11(8)20/h8-17,19-23H,1-7H2. The number of halogens is 1. The van der Waals surface area contributed by atoms with Crippen molar-refractivity contribution in [1.82, 2.24) is 0 Å². The van der Waals surface area contributed by atoms with Crippen molar-refractivity contribution in [3.05, 3.63) is 0 Å². The predicted octanol–water partition coefficient (Wildman–Crippen LogP) is -1.10. The van der Waals surface area contributed by atoms with Gasteiger partial charge in [0.15, 0.2) is 12.6 Å². The van der Waals surface area contributed by atoms with E-state index >= 15 is 0 Å². The lowest BCUT2D eigenvalue weighted by molar-refractivity contribution is -0.350. The molecule has 4 bridgehead atoms. The molecule has 0 aromatic heterocycles. The van der Waals surface area contributed by atoms with Crippen molar-refractivity contribution in [1.29, 1.82) is 0 Å². The van der Waals surface area contributed by atoms with E-state index in [-0.39, 0.29) is 6.61 Å². The number of alkyl halides is 1. The normalized spacial score (nSPS) is 49.6. The largest absolute Gasteiger partial charge is 0.394 e. The maximum absolute atomic E-state index is 10.6. The summed E-state index contributed by atoms with van der Waals surface area (Å²) in [5.74, 6) is -0.417. The second kappa shape index (κ2) is 9.92. The molecule has 5 aliphatic heterocycles. The van der Waals surface area contributed by atoms with Crippen LogP contribution in [0.1, 0.15) is 25.7 Å². The Bertz CT molecular complexity index is 466. The Labute approximate surface area is 171 Å². The summed E-state index contributed by atoms with van der Waals surface area (Å²) in [7, 11) is 0. The van der Waals surface area contributed by atoms with Gasteiger partial charge in [0.25, 0.3) is 0 Å². The third-order valence-electron chi connectivity index (χ3n) is 5.58. The summed E-state index contributed by atoms with van der Waals surface area (Å²) < 4.78 is 23.3. The van der Waals surface area contributed by atoms with E-state index in [4.69, 9.17) is 18.9 Å². The Kier molecular flexibility index (Phi) is 8.10. The maximum atomic E-state index is 10.6. The first-order valence-corrected chi connectivity index (χ1v) is 11.0. The summed E-state index contributed by atoms with van der Waals surface area (Å²) >= 11 is 2.08. The molecule has 0 amide bonds. The number of ether oxygens (including phenoxy) is 4. The van der Waals surface area contributed by atoms with Gasteiger partial charge in [-0.1, -0.05) is 35.4 Å². The lowest BCUT2D eigenvalue weighted by Crippen LogP contribution is -2.63. The van der Waals surface area contributed by atoms with Crippen LogP contribution in [0.3, 0.4) is 0 Å². The fourth-order valence-electron chi connectivity index (χ4n) is 3.98. The molecule has 5 rings (SSSR count). The van der Waals surface area contributed by atoms with Crippen LogP contribution >= 0.6 is 22.6 Å². The molecule has 0 spiro atoms. The summed E-state index contributed by atoms with van der Waals surface area (Å²) in [6, 6.07) is 0. The van der Waals surface area contributed by atoms with Crippen LogP contribution in [0.5, 0.6) is 0 Å². The minimum absolute atomic E-state index is 0.318. The van der Waals surface area contributed by atoms with Crippen molar-refractivity contribution < 1.29 is 44.5 Å². The van der Waals surface area contributed by atoms with E-state index in [1.54, 1.807) is 0 Å². The van der Waals surface area contributed by atoms with Crippen LogP contribution in [0.2, 0.25) is 0 Å². The van der Waals surface area contributed by atoms with Crippen molar-refractivity contribution in [2.45, 2.75) is 81.0 Å². The van der Waals surface area contributed by atoms with E-state index < -0.39 is 61.2 Å². The number of rotatable bonds is 2. The first kappa shape index (κ1) is 22.1. The lowest BCUT2D eigenvalue weighted by Gasteiger charge is -2.46. The Morgan fingerprint density at radius 1 is 0.778 bits per heavy atom. The van der Waals surface area contributed by atoms with Gasteiger partial charge in [-0.15, -0.1) is 0 Å². The minimum Gasteiger partial charge on any atom is -0.394 e. The highest BCUT2D eigenvalue weighted by molar-refractivity contribution is 14.1. The van der Waals surface area contributed by atoms with Crippen LogP contribution in [-0.4, -0.2) is 98.5 Å². The smallest absolute Gasteiger partial charge is 0.187 e. The second-order valence-electron chi connectivity index (χ2n) is 7.37. The molecule has 0 aliphatic carbocycles. The highest BCUT2D eigenvalue weighted by atomic mass is 127. The third kappa shape index (κ3) is 4.76. The highest BCUT2D eigenvalue weighted by Crippen LogP contribution is 2.34. The monoisotopic (exact) mass is 504 g/mol. The van der Waals surface area contributed by atoms with E-state index in [2.05, 4.69) is 22.6 Å². The first-order chi connectivity index (χ1) is 13.0. The number of hydrogen-bond donors (Lipinski definition) is 5. The van der Waals surface area contributed by atoms with Gasteiger partial charge < -0.3 is 44.5 Å². The first-order valence-electron chi connectivity index (χ1n) is 9.45. The van der Waals surface area contributed by atoms with Gasteiger partial charge in [0.1, 0.15) is 24.4 Å². The molecule has 10 heteroatoms. The molecule has 9 nitrogen and oxygen atoms in total. The molecule has 5 aliphatic rings. The molecule has 0 saturated carbocycles. The summed E-state index contributed by atoms with van der Waals surface area (Å²) in [5, 5.41) is 51.6. The van der Waals surface area contributed by atoms with Crippen LogP contribution in [0, 0.1) is 5.92 Å². The van der Waals surface area contributed by atoms with Gasteiger partial charge in [-0.2, -0.15) is 0 Å². The molecular formula is C17H29IO9. The zero-order chi connectivity index (χ0) is 19.6. The van der Waals surface area contributed by atoms with Crippen LogP contribution in [-0.2, 0) is 18.9 Å². The Balaban J connectivity index is 1.85. The topological polar surface area (TPSA) is 138 Å². The van der Waals surface area contributed by atoms with Crippen molar-refractivity contribution in [2.75, 3.05) is 17.6 Å². The van der Waals surface area contributed by atoms with E-state index in [9.17, 15) is 25.5 Å². The van der Waals surface area contributed by atoms with Crippen LogP contribution in [0.4, 0.5) is 0 Å². The van der Waals surface area contributed by atoms with Crippen LogP contribution in [0.15, 0.2) is 0 Å². The van der Waals surface area contributed by atoms with Crippen LogP contribution in [0.25, 0.3) is 0 Å². The average molecular weight is 504 g/mol. The number of fused-ring (bicyclic) bond motifs is 2. The molecule has 0 aromatic rings. The van der Waals surface area contributed by atoms with Gasteiger partial charge in [0, 0.05) is 17.0 Å². The minimum atomic E-state index is -1.34. The molecular weight excluding hydrogens is 475 g/mol. The molecule has 10 atom stereocenters. The van der Waals surface area contributed by atoms with E-state index in [1.807, 2.05) is 0 Å². The molecule has 5 heterocycles. The third-order valence-corrected chi connectivity index (χ3v) is 6.45. The fourth-order valence-corrected chi connectivity index (χ4v) is 4.69. The van der Waals surface area contributed by atoms with Crippen LogP contribution < -0.4 is 0 Å². The second-order valence-corrected chi connectivity index (χ2v) is 8.25. The maximum Gasteiger partial charge on any atom is 0.187 e. The van der Waals surface area contributed by atoms with Gasteiger partial charge >= 0.3 is 0 Å². The molecule has 10 unspecified atom stereocenters. The van der Waals surface area contributed by atoms with Gasteiger partial charge in [-0.05, 0) is 12.8 Å². The Hall–Kier alpha value is 0.370. The number of aliphatic hydroxyl groups is 5. The Morgan fingerprint density at radius 3 is 2.19 bits per heavy atom. The van der Waals surface area contributed by atoms with Crippen molar-refractivity contribution >= 4 is 22.6 Å². The number of hydrogen-bond acceptors (Lipinski definition) is 9. The molecule has 5 N–H and O–H groups in total. The summed E-state index contributed by atoms with van der Waals surface area (Å²) in [5.41, 5.74) is 0.